The molecule has 0 radical (unpaired) electrons. The zero-order chi connectivity index (χ0) is 21.0. The Morgan fingerprint density at radius 2 is 1.69 bits per heavy atom. The van der Waals surface area contributed by atoms with Crippen LogP contribution in [-0.2, 0) is 6.18 Å². The minimum Gasteiger partial charge on any atom is -0.457 e. The third-order valence-electron chi connectivity index (χ3n) is 3.76. The Morgan fingerprint density at radius 1 is 0.966 bits per heavy atom. The Morgan fingerprint density at radius 3 is 2.34 bits per heavy atom. The highest BCUT2D eigenvalue weighted by molar-refractivity contribution is 5.99. The maximum Gasteiger partial charge on any atom is 0.416 e. The summed E-state index contributed by atoms with van der Waals surface area (Å²) < 4.78 is 57.6. The van der Waals surface area contributed by atoms with Crippen LogP contribution in [0.2, 0.25) is 0 Å². The van der Waals surface area contributed by atoms with E-state index in [1.807, 2.05) is 6.92 Å². The van der Waals surface area contributed by atoms with Crippen LogP contribution >= 0.6 is 0 Å². The summed E-state index contributed by atoms with van der Waals surface area (Å²) in [6.07, 6.45) is -3.04. The predicted molar refractivity (Wildman–Crippen MR) is 99.5 cm³/mol. The molecule has 5 nitrogen and oxygen atoms in total. The molecule has 2 aromatic carbocycles. The van der Waals surface area contributed by atoms with Crippen LogP contribution in [-0.4, -0.2) is 11.0 Å². The Hall–Kier alpha value is -3.62. The number of anilines is 2. The second-order valence-corrected chi connectivity index (χ2v) is 6.03. The SMILES string of the molecule is Cc1cc(Oc2ccc(NC(=O)Nc3cc(C(F)(F)F)ccc3F)cc2)ccn1. The van der Waals surface area contributed by atoms with Crippen molar-refractivity contribution in [1.82, 2.24) is 4.98 Å². The molecular weight excluding hydrogens is 390 g/mol. The second kappa shape index (κ2) is 8.17. The molecular formula is C20H15F4N3O2. The standard InChI is InChI=1S/C20H15F4N3O2/c1-12-10-16(8-9-25-12)29-15-5-3-14(4-6-15)26-19(28)27-18-11-13(20(22,23)24)2-7-17(18)21/h2-11H,1H3,(H2,26,27,28). The van der Waals surface area contributed by atoms with Gasteiger partial charge in [-0.25, -0.2) is 9.18 Å². The molecule has 0 atom stereocenters. The maximum absolute atomic E-state index is 13.7. The summed E-state index contributed by atoms with van der Waals surface area (Å²) in [6, 6.07) is 10.6. The molecule has 0 bridgehead atoms. The molecule has 0 spiro atoms. The highest BCUT2D eigenvalue weighted by Gasteiger charge is 2.31. The summed E-state index contributed by atoms with van der Waals surface area (Å²) in [4.78, 5) is 16.1. The van der Waals surface area contributed by atoms with Gasteiger partial charge in [0.2, 0.25) is 0 Å². The molecule has 150 valence electrons. The summed E-state index contributed by atoms with van der Waals surface area (Å²) in [5.74, 6) is 0.117. The van der Waals surface area contributed by atoms with Crippen LogP contribution in [0.1, 0.15) is 11.3 Å². The van der Waals surface area contributed by atoms with Crippen molar-refractivity contribution in [3.63, 3.8) is 0 Å². The summed E-state index contributed by atoms with van der Waals surface area (Å²) in [7, 11) is 0. The smallest absolute Gasteiger partial charge is 0.416 e. The number of halogens is 4. The van der Waals surface area contributed by atoms with Gasteiger partial charge >= 0.3 is 12.2 Å². The largest absolute Gasteiger partial charge is 0.457 e. The van der Waals surface area contributed by atoms with E-state index in [-0.39, 0.29) is 0 Å². The molecule has 29 heavy (non-hydrogen) atoms. The number of pyridine rings is 1. The second-order valence-electron chi connectivity index (χ2n) is 6.03. The number of carbonyl (C=O) groups excluding carboxylic acids is 1. The van der Waals surface area contributed by atoms with Crippen LogP contribution in [0.5, 0.6) is 11.5 Å². The van der Waals surface area contributed by atoms with Gasteiger partial charge in [-0.2, -0.15) is 13.2 Å². The number of carbonyl (C=O) groups is 1. The van der Waals surface area contributed by atoms with E-state index >= 15 is 0 Å². The van der Waals surface area contributed by atoms with Gasteiger partial charge in [0.15, 0.2) is 0 Å². The predicted octanol–water partition coefficient (Wildman–Crippen LogP) is 5.98. The third kappa shape index (κ3) is 5.44. The van der Waals surface area contributed by atoms with Crippen molar-refractivity contribution < 1.29 is 27.1 Å². The van der Waals surface area contributed by atoms with Gasteiger partial charge in [0.05, 0.1) is 11.3 Å². The molecule has 3 aromatic rings. The lowest BCUT2D eigenvalue weighted by molar-refractivity contribution is -0.137. The van der Waals surface area contributed by atoms with E-state index in [9.17, 15) is 22.4 Å². The molecule has 0 aliphatic carbocycles. The molecule has 9 heteroatoms. The minimum absolute atomic E-state index is 0.341. The Balaban J connectivity index is 1.64. The van der Waals surface area contributed by atoms with Crippen molar-refractivity contribution >= 4 is 17.4 Å². The fraction of sp³-hybridized carbons (Fsp3) is 0.100. The first kappa shape index (κ1) is 20.1. The van der Waals surface area contributed by atoms with E-state index in [4.69, 9.17) is 4.74 Å². The number of nitrogens with zero attached hydrogens (tertiary/aromatic N) is 1. The number of aromatic nitrogens is 1. The van der Waals surface area contributed by atoms with E-state index in [0.29, 0.717) is 35.4 Å². The fourth-order valence-electron chi connectivity index (χ4n) is 2.41. The van der Waals surface area contributed by atoms with Gasteiger partial charge in [-0.05, 0) is 55.5 Å². The van der Waals surface area contributed by atoms with Crippen LogP contribution in [0.3, 0.4) is 0 Å². The molecule has 0 unspecified atom stereocenters. The Bertz CT molecular complexity index is 1020. The molecule has 0 saturated heterocycles. The van der Waals surface area contributed by atoms with Gasteiger partial charge in [0, 0.05) is 23.6 Å². The molecule has 0 aliphatic rings. The van der Waals surface area contributed by atoms with Crippen LogP contribution in [0.4, 0.5) is 33.7 Å². The molecule has 2 amide bonds. The number of aryl methyl sites for hydroxylation is 1. The van der Waals surface area contributed by atoms with Crippen LogP contribution in [0, 0.1) is 12.7 Å². The Kier molecular flexibility index (Phi) is 5.67. The number of hydrogen-bond donors (Lipinski definition) is 2. The number of alkyl halides is 3. The average molecular weight is 405 g/mol. The van der Waals surface area contributed by atoms with Crippen LogP contribution < -0.4 is 15.4 Å². The van der Waals surface area contributed by atoms with Crippen molar-refractivity contribution in [1.29, 1.82) is 0 Å². The van der Waals surface area contributed by atoms with Crippen molar-refractivity contribution in [2.24, 2.45) is 0 Å². The summed E-state index contributed by atoms with van der Waals surface area (Å²) in [5, 5.41) is 4.48. The molecule has 3 rings (SSSR count). The van der Waals surface area contributed by atoms with Crippen LogP contribution in [0.25, 0.3) is 0 Å². The molecule has 0 aliphatic heterocycles. The number of amides is 2. The van der Waals surface area contributed by atoms with Crippen LogP contribution in [0.15, 0.2) is 60.8 Å². The van der Waals surface area contributed by atoms with Crippen molar-refractivity contribution in [2.75, 3.05) is 10.6 Å². The summed E-state index contributed by atoms with van der Waals surface area (Å²) in [5.41, 5.74) is -0.514. The number of rotatable bonds is 4. The summed E-state index contributed by atoms with van der Waals surface area (Å²) >= 11 is 0. The van der Waals surface area contributed by atoms with Gasteiger partial charge in [-0.3, -0.25) is 4.98 Å². The maximum atomic E-state index is 13.7. The van der Waals surface area contributed by atoms with Gasteiger partial charge < -0.3 is 15.4 Å². The van der Waals surface area contributed by atoms with Gasteiger partial charge in [0.25, 0.3) is 0 Å². The highest BCUT2D eigenvalue weighted by atomic mass is 19.4. The number of hydrogen-bond acceptors (Lipinski definition) is 3. The topological polar surface area (TPSA) is 63.2 Å². The lowest BCUT2D eigenvalue weighted by Crippen LogP contribution is -2.20. The van der Waals surface area contributed by atoms with E-state index in [0.717, 1.165) is 5.69 Å². The third-order valence-corrected chi connectivity index (χ3v) is 3.76. The van der Waals surface area contributed by atoms with Crippen molar-refractivity contribution in [3.8, 4) is 11.5 Å². The first-order valence-electron chi connectivity index (χ1n) is 8.36. The number of ether oxygens (including phenoxy) is 1. The molecule has 1 aromatic heterocycles. The minimum atomic E-state index is -4.65. The molecule has 1 heterocycles. The van der Waals surface area contributed by atoms with E-state index in [1.165, 1.54) is 12.1 Å². The fourth-order valence-corrected chi connectivity index (χ4v) is 2.41. The average Bonchev–Trinajstić information content (AvgIpc) is 2.64. The lowest BCUT2D eigenvalue weighted by Gasteiger charge is -2.12. The van der Waals surface area contributed by atoms with E-state index in [1.54, 1.807) is 30.5 Å². The quantitative estimate of drug-likeness (QED) is 0.525. The van der Waals surface area contributed by atoms with Gasteiger partial charge in [0.1, 0.15) is 17.3 Å². The number of benzene rings is 2. The number of urea groups is 1. The zero-order valence-corrected chi connectivity index (χ0v) is 15.0. The number of nitrogens with one attached hydrogen (secondary N) is 2. The molecule has 0 fully saturated rings. The van der Waals surface area contributed by atoms with E-state index in [2.05, 4.69) is 15.6 Å². The normalized spacial score (nSPS) is 11.1. The Labute approximate surface area is 163 Å². The molecule has 0 saturated carbocycles. The first-order chi connectivity index (χ1) is 13.7. The first-order valence-corrected chi connectivity index (χ1v) is 8.36. The van der Waals surface area contributed by atoms with E-state index < -0.39 is 29.3 Å². The zero-order valence-electron chi connectivity index (χ0n) is 15.0. The van der Waals surface area contributed by atoms with Crippen molar-refractivity contribution in [3.05, 3.63) is 77.9 Å². The van der Waals surface area contributed by atoms with Gasteiger partial charge in [-0.1, -0.05) is 0 Å². The highest BCUT2D eigenvalue weighted by Crippen LogP contribution is 2.32. The van der Waals surface area contributed by atoms with Crippen molar-refractivity contribution in [2.45, 2.75) is 13.1 Å². The summed E-state index contributed by atoms with van der Waals surface area (Å²) in [6.45, 7) is 1.83. The molecule has 2 N–H and O–H groups in total. The monoisotopic (exact) mass is 405 g/mol. The lowest BCUT2D eigenvalue weighted by atomic mass is 10.2. The van der Waals surface area contributed by atoms with Gasteiger partial charge in [-0.15, -0.1) is 0 Å².